The number of hydrogen-bond donors (Lipinski definition) is 8. The predicted octanol–water partition coefficient (Wildman–Crippen LogP) is -2.18. The summed E-state index contributed by atoms with van der Waals surface area (Å²) >= 11 is 0. The highest BCUT2D eigenvalue weighted by molar-refractivity contribution is 7.94. The van der Waals surface area contributed by atoms with E-state index in [4.69, 9.17) is 11.5 Å². The highest BCUT2D eigenvalue weighted by Crippen LogP contribution is 2.05. The van der Waals surface area contributed by atoms with Crippen LogP contribution in [0.15, 0.2) is 42.3 Å². The zero-order chi connectivity index (χ0) is 34.5. The fraction of sp³-hybridized carbons (Fsp3) is 0.517. The molecule has 0 spiro atoms. The zero-order valence-electron chi connectivity index (χ0n) is 25.7. The van der Waals surface area contributed by atoms with Crippen molar-refractivity contribution in [1.82, 2.24) is 26.6 Å². The third-order valence-corrected chi connectivity index (χ3v) is 7.72. The van der Waals surface area contributed by atoms with Crippen LogP contribution < -0.4 is 38.1 Å². The molecule has 0 saturated carbocycles. The molecule has 0 aliphatic carbocycles. The van der Waals surface area contributed by atoms with Gasteiger partial charge in [-0.05, 0) is 57.2 Å². The molecular formula is C29H45N7O9S. The number of nitrogens with one attached hydrogen (secondary N) is 5. The molecule has 2 unspecified atom stereocenters. The van der Waals surface area contributed by atoms with Crippen LogP contribution in [0, 0.1) is 0 Å². The molecule has 0 saturated heterocycles. The van der Waals surface area contributed by atoms with Crippen LogP contribution in [0.1, 0.15) is 44.1 Å². The fourth-order valence-corrected chi connectivity index (χ4v) is 4.69. The van der Waals surface area contributed by atoms with E-state index >= 15 is 0 Å². The molecule has 0 aromatic heterocycles. The van der Waals surface area contributed by atoms with E-state index in [0.717, 1.165) is 0 Å². The lowest BCUT2D eigenvalue weighted by Gasteiger charge is -2.21. The normalized spacial score (nSPS) is 12.9. The number of benzene rings is 1. The lowest BCUT2D eigenvalue weighted by Crippen LogP contribution is -2.54. The van der Waals surface area contributed by atoms with Crippen molar-refractivity contribution in [3.8, 4) is 0 Å². The second kappa shape index (κ2) is 21.4. The average molecular weight is 668 g/mol. The first-order valence-corrected chi connectivity index (χ1v) is 16.5. The number of rotatable bonds is 23. The molecule has 0 aliphatic heterocycles. The summed E-state index contributed by atoms with van der Waals surface area (Å²) in [6.45, 7) is 2.71. The molecule has 3 atom stereocenters. The van der Waals surface area contributed by atoms with Crippen LogP contribution in [0.3, 0.4) is 0 Å². The number of amides is 5. The van der Waals surface area contributed by atoms with Crippen molar-refractivity contribution < 1.29 is 42.3 Å². The number of nitrogens with two attached hydrogens (primary N) is 2. The second-order valence-electron chi connectivity index (χ2n) is 10.4. The summed E-state index contributed by atoms with van der Waals surface area (Å²) < 4.78 is 23.4. The first kappa shape index (κ1) is 39.7. The maximum Gasteiger partial charge on any atom is 0.326 e. The van der Waals surface area contributed by atoms with E-state index in [-0.39, 0.29) is 19.3 Å². The Balaban J connectivity index is 2.87. The van der Waals surface area contributed by atoms with Crippen molar-refractivity contribution in [2.45, 2.75) is 63.1 Å². The molecule has 1 rings (SSSR count). The van der Waals surface area contributed by atoms with Gasteiger partial charge in [-0.3, -0.25) is 24.0 Å². The van der Waals surface area contributed by atoms with E-state index < -0.39 is 82.3 Å². The van der Waals surface area contributed by atoms with Crippen LogP contribution in [0.4, 0.5) is 0 Å². The first-order chi connectivity index (χ1) is 21.8. The quantitative estimate of drug-likeness (QED) is 0.0581. The Morgan fingerprint density at radius 3 is 1.72 bits per heavy atom. The lowest BCUT2D eigenvalue weighted by atomic mass is 10.1. The number of unbranched alkanes of at least 4 members (excludes halogenated alkanes) is 2. The first-order valence-electron chi connectivity index (χ1n) is 14.8. The zero-order valence-corrected chi connectivity index (χ0v) is 26.5. The molecule has 5 amide bonds. The molecule has 0 bridgehead atoms. The molecule has 1 aromatic rings. The monoisotopic (exact) mass is 667 g/mol. The van der Waals surface area contributed by atoms with Crippen molar-refractivity contribution in [3.63, 3.8) is 0 Å². The molecule has 10 N–H and O–H groups in total. The Morgan fingerprint density at radius 2 is 1.22 bits per heavy atom. The summed E-state index contributed by atoms with van der Waals surface area (Å²) in [5.41, 5.74) is 11.6. The van der Waals surface area contributed by atoms with Crippen LogP contribution in [0.2, 0.25) is 0 Å². The van der Waals surface area contributed by atoms with Crippen molar-refractivity contribution in [1.29, 1.82) is 0 Å². The molecule has 0 aliphatic rings. The van der Waals surface area contributed by atoms with Gasteiger partial charge >= 0.3 is 5.97 Å². The SMILES string of the molecule is C=CS(=O)(=O)CC(=O)N[C@@H](CCCCN)C(=O)NCC(=O)NC(Cc1ccccc1)C(=O)NCC(=O)NC(CCCCN)C(=O)O. The molecular weight excluding hydrogens is 622 g/mol. The van der Waals surface area contributed by atoms with Gasteiger partial charge in [-0.2, -0.15) is 0 Å². The van der Waals surface area contributed by atoms with E-state index in [0.29, 0.717) is 49.7 Å². The molecule has 0 heterocycles. The van der Waals surface area contributed by atoms with Gasteiger partial charge in [-0.25, -0.2) is 13.2 Å². The number of carbonyl (C=O) groups is 6. The molecule has 16 nitrogen and oxygen atoms in total. The summed E-state index contributed by atoms with van der Waals surface area (Å²) in [5, 5.41) is 22.0. The number of hydrogen-bond acceptors (Lipinski definition) is 10. The summed E-state index contributed by atoms with van der Waals surface area (Å²) in [4.78, 5) is 74.8. The molecule has 0 fully saturated rings. The number of carbonyl (C=O) groups excluding carboxylic acids is 5. The average Bonchev–Trinajstić information content (AvgIpc) is 3.01. The maximum absolute atomic E-state index is 13.0. The van der Waals surface area contributed by atoms with Gasteiger partial charge in [0, 0.05) is 11.8 Å². The Hall–Kier alpha value is -4.35. The third kappa shape index (κ3) is 16.6. The summed E-state index contributed by atoms with van der Waals surface area (Å²) in [6.07, 6.45) is 2.35. The number of sulfone groups is 1. The number of carboxylic acid groups (broad SMARTS) is 1. The van der Waals surface area contributed by atoms with Crippen LogP contribution in [0.25, 0.3) is 0 Å². The number of aliphatic carboxylic acids is 1. The van der Waals surface area contributed by atoms with Gasteiger partial charge < -0.3 is 43.2 Å². The summed E-state index contributed by atoms with van der Waals surface area (Å²) in [6, 6.07) is 5.18. The Labute approximate surface area is 268 Å². The third-order valence-electron chi connectivity index (χ3n) is 6.55. The largest absolute Gasteiger partial charge is 0.480 e. The molecule has 46 heavy (non-hydrogen) atoms. The van der Waals surface area contributed by atoms with Crippen LogP contribution in [-0.2, 0) is 45.0 Å². The van der Waals surface area contributed by atoms with Gasteiger partial charge in [0.25, 0.3) is 0 Å². The van der Waals surface area contributed by atoms with E-state index in [1.165, 1.54) is 0 Å². The van der Waals surface area contributed by atoms with Gasteiger partial charge in [0.1, 0.15) is 23.9 Å². The topological polar surface area (TPSA) is 269 Å². The van der Waals surface area contributed by atoms with Gasteiger partial charge in [-0.15, -0.1) is 0 Å². The van der Waals surface area contributed by atoms with Crippen molar-refractivity contribution in [2.75, 3.05) is 31.9 Å². The molecule has 256 valence electrons. The minimum atomic E-state index is -3.87. The summed E-state index contributed by atoms with van der Waals surface area (Å²) in [5.74, 6) is -6.05. The standard InChI is InChI=1S/C29H45N7O9S/c1-2-46(44,45)19-26(39)34-21(12-6-8-14-30)27(40)32-18-25(38)36-23(16-20-10-4-3-5-11-20)28(41)33-17-24(37)35-22(29(42)43)13-7-9-15-31/h2-5,10-11,21-23H,1,6-9,12-19,30-31H2,(H,32,40)(H,33,41)(H,34,39)(H,35,37)(H,36,38)(H,42,43)/t21-,22?,23?/m0/s1. The van der Waals surface area contributed by atoms with Gasteiger partial charge in [0.15, 0.2) is 9.84 Å². The lowest BCUT2D eigenvalue weighted by molar-refractivity contribution is -0.142. The van der Waals surface area contributed by atoms with E-state index in [2.05, 4.69) is 33.2 Å². The molecule has 17 heteroatoms. The summed E-state index contributed by atoms with van der Waals surface area (Å²) in [7, 11) is -3.87. The van der Waals surface area contributed by atoms with Crippen molar-refractivity contribution in [3.05, 3.63) is 47.9 Å². The minimum absolute atomic E-state index is 0.0281. The Morgan fingerprint density at radius 1 is 0.739 bits per heavy atom. The van der Waals surface area contributed by atoms with Crippen molar-refractivity contribution in [2.24, 2.45) is 11.5 Å². The highest BCUT2D eigenvalue weighted by Gasteiger charge is 2.26. The van der Waals surface area contributed by atoms with E-state index in [9.17, 15) is 42.3 Å². The Bertz CT molecular complexity index is 1290. The van der Waals surface area contributed by atoms with Crippen LogP contribution in [-0.4, -0.2) is 99.1 Å². The van der Waals surface area contributed by atoms with E-state index in [1.807, 2.05) is 0 Å². The highest BCUT2D eigenvalue weighted by atomic mass is 32.2. The minimum Gasteiger partial charge on any atom is -0.480 e. The van der Waals surface area contributed by atoms with Gasteiger partial charge in [-0.1, -0.05) is 36.9 Å². The van der Waals surface area contributed by atoms with Crippen molar-refractivity contribution >= 4 is 45.3 Å². The van der Waals surface area contributed by atoms with E-state index in [1.54, 1.807) is 30.3 Å². The van der Waals surface area contributed by atoms with Crippen LogP contribution >= 0.6 is 0 Å². The maximum atomic E-state index is 13.0. The predicted molar refractivity (Wildman–Crippen MR) is 169 cm³/mol. The molecule has 1 aromatic carbocycles. The number of carboxylic acids is 1. The second-order valence-corrected chi connectivity index (χ2v) is 12.3. The smallest absolute Gasteiger partial charge is 0.326 e. The molecule has 0 radical (unpaired) electrons. The van der Waals surface area contributed by atoms with Gasteiger partial charge in [0.2, 0.25) is 29.5 Å². The van der Waals surface area contributed by atoms with Crippen LogP contribution in [0.5, 0.6) is 0 Å². The fourth-order valence-electron chi connectivity index (χ4n) is 4.12. The van der Waals surface area contributed by atoms with Gasteiger partial charge in [0.05, 0.1) is 13.1 Å². The Kier molecular flexibility index (Phi) is 18.5.